The van der Waals surface area contributed by atoms with E-state index in [4.69, 9.17) is 4.52 Å². The van der Waals surface area contributed by atoms with Gasteiger partial charge in [0.2, 0.25) is 0 Å². The predicted molar refractivity (Wildman–Crippen MR) is 91.4 cm³/mol. The number of hydrogen-bond donors (Lipinski definition) is 1. The van der Waals surface area contributed by atoms with Gasteiger partial charge in [-0.3, -0.25) is 9.78 Å². The van der Waals surface area contributed by atoms with Crippen molar-refractivity contribution in [1.82, 2.24) is 15.5 Å². The van der Waals surface area contributed by atoms with E-state index in [1.165, 1.54) is 5.56 Å². The molecule has 0 spiro atoms. The average Bonchev–Trinajstić information content (AvgIpc) is 3.13. The molecule has 1 amide bonds. The molecule has 1 N–H and O–H groups in total. The van der Waals surface area contributed by atoms with E-state index in [1.807, 2.05) is 42.5 Å². The normalized spacial score (nSPS) is 10.5. The van der Waals surface area contributed by atoms with E-state index in [-0.39, 0.29) is 5.91 Å². The number of unbranched alkanes of at least 4 members (excludes halogenated alkanes) is 1. The molecule has 0 fully saturated rings. The van der Waals surface area contributed by atoms with E-state index >= 15 is 0 Å². The molecule has 0 unspecified atom stereocenters. The summed E-state index contributed by atoms with van der Waals surface area (Å²) in [6.07, 6.45) is 6.51. The summed E-state index contributed by atoms with van der Waals surface area (Å²) in [4.78, 5) is 16.1. The Balaban J connectivity index is 1.43. The van der Waals surface area contributed by atoms with Crippen LogP contribution in [0.3, 0.4) is 0 Å². The van der Waals surface area contributed by atoms with Crippen LogP contribution in [-0.4, -0.2) is 22.6 Å². The first-order valence-electron chi connectivity index (χ1n) is 8.02. The SMILES string of the molecule is O=C(NCCCCc1ccncc1)c1cc(-c2ccccc2)on1. The number of aromatic nitrogens is 2. The van der Waals surface area contributed by atoms with E-state index in [2.05, 4.69) is 15.5 Å². The van der Waals surface area contributed by atoms with Crippen LogP contribution in [0.15, 0.2) is 65.4 Å². The summed E-state index contributed by atoms with van der Waals surface area (Å²) in [6, 6.07) is 15.3. The Morgan fingerprint density at radius 2 is 1.83 bits per heavy atom. The van der Waals surface area contributed by atoms with E-state index in [9.17, 15) is 4.79 Å². The Morgan fingerprint density at radius 1 is 1.04 bits per heavy atom. The molecule has 5 heteroatoms. The minimum absolute atomic E-state index is 0.204. The third-order valence-corrected chi connectivity index (χ3v) is 3.73. The maximum Gasteiger partial charge on any atom is 0.273 e. The number of aryl methyl sites for hydroxylation is 1. The van der Waals surface area contributed by atoms with Gasteiger partial charge in [0, 0.05) is 30.6 Å². The summed E-state index contributed by atoms with van der Waals surface area (Å²) in [6.45, 7) is 0.622. The topological polar surface area (TPSA) is 68.0 Å². The lowest BCUT2D eigenvalue weighted by Gasteiger charge is -2.03. The van der Waals surface area contributed by atoms with Crippen molar-refractivity contribution in [3.8, 4) is 11.3 Å². The van der Waals surface area contributed by atoms with Gasteiger partial charge in [0.05, 0.1) is 0 Å². The Morgan fingerprint density at radius 3 is 2.62 bits per heavy atom. The van der Waals surface area contributed by atoms with Gasteiger partial charge in [-0.2, -0.15) is 0 Å². The molecule has 2 heterocycles. The van der Waals surface area contributed by atoms with E-state index in [0.717, 1.165) is 24.8 Å². The molecule has 24 heavy (non-hydrogen) atoms. The second kappa shape index (κ2) is 8.06. The molecule has 0 aliphatic rings. The molecular formula is C19H19N3O2. The molecule has 0 aliphatic heterocycles. The molecule has 0 saturated carbocycles. The number of pyridine rings is 1. The highest BCUT2D eigenvalue weighted by atomic mass is 16.5. The van der Waals surface area contributed by atoms with Crippen LogP contribution in [-0.2, 0) is 6.42 Å². The van der Waals surface area contributed by atoms with E-state index in [1.54, 1.807) is 18.5 Å². The predicted octanol–water partition coefficient (Wildman–Crippen LogP) is 3.49. The van der Waals surface area contributed by atoms with Gasteiger partial charge in [0.1, 0.15) is 0 Å². The second-order valence-electron chi connectivity index (χ2n) is 5.51. The Labute approximate surface area is 140 Å². The molecule has 1 aromatic carbocycles. The highest BCUT2D eigenvalue weighted by Gasteiger charge is 2.12. The zero-order chi connectivity index (χ0) is 16.6. The Bertz CT molecular complexity index is 770. The maximum absolute atomic E-state index is 12.1. The van der Waals surface area contributed by atoms with Gasteiger partial charge in [-0.05, 0) is 37.0 Å². The number of benzene rings is 1. The first-order chi connectivity index (χ1) is 11.8. The van der Waals surface area contributed by atoms with Gasteiger partial charge in [-0.15, -0.1) is 0 Å². The average molecular weight is 321 g/mol. The van der Waals surface area contributed by atoms with Gasteiger partial charge in [-0.1, -0.05) is 35.5 Å². The molecule has 2 aromatic heterocycles. The fourth-order valence-corrected chi connectivity index (χ4v) is 2.42. The van der Waals surface area contributed by atoms with Crippen molar-refractivity contribution < 1.29 is 9.32 Å². The summed E-state index contributed by atoms with van der Waals surface area (Å²) in [7, 11) is 0. The number of carbonyl (C=O) groups excluding carboxylic acids is 1. The van der Waals surface area contributed by atoms with Crippen molar-refractivity contribution in [1.29, 1.82) is 0 Å². The monoisotopic (exact) mass is 321 g/mol. The van der Waals surface area contributed by atoms with E-state index in [0.29, 0.717) is 18.0 Å². The molecule has 0 aliphatic carbocycles. The van der Waals surface area contributed by atoms with Crippen LogP contribution < -0.4 is 5.32 Å². The number of hydrogen-bond acceptors (Lipinski definition) is 4. The molecule has 122 valence electrons. The summed E-state index contributed by atoms with van der Waals surface area (Å²) >= 11 is 0. The molecular weight excluding hydrogens is 302 g/mol. The standard InChI is InChI=1S/C19H19N3O2/c23-19(21-11-5-4-6-15-9-12-20-13-10-15)17-14-18(24-22-17)16-7-2-1-3-8-16/h1-3,7-10,12-14H,4-6,11H2,(H,21,23). The molecule has 0 saturated heterocycles. The number of nitrogens with one attached hydrogen (secondary N) is 1. The van der Waals surface area contributed by atoms with Crippen molar-refractivity contribution >= 4 is 5.91 Å². The summed E-state index contributed by atoms with van der Waals surface area (Å²) in [5, 5.41) is 6.72. The third-order valence-electron chi connectivity index (χ3n) is 3.73. The van der Waals surface area contributed by atoms with Crippen molar-refractivity contribution in [3.63, 3.8) is 0 Å². The van der Waals surface area contributed by atoms with Crippen LogP contribution in [0.1, 0.15) is 28.9 Å². The smallest absolute Gasteiger partial charge is 0.273 e. The van der Waals surface area contributed by atoms with Crippen molar-refractivity contribution in [2.75, 3.05) is 6.54 Å². The molecule has 3 rings (SSSR count). The minimum Gasteiger partial charge on any atom is -0.355 e. The summed E-state index contributed by atoms with van der Waals surface area (Å²) in [5.74, 6) is 0.392. The van der Waals surface area contributed by atoms with Crippen LogP contribution in [0, 0.1) is 0 Å². The van der Waals surface area contributed by atoms with Crippen LogP contribution >= 0.6 is 0 Å². The summed E-state index contributed by atoms with van der Waals surface area (Å²) < 4.78 is 5.24. The van der Waals surface area contributed by atoms with Crippen molar-refractivity contribution in [2.45, 2.75) is 19.3 Å². The fraction of sp³-hybridized carbons (Fsp3) is 0.211. The zero-order valence-corrected chi connectivity index (χ0v) is 13.3. The largest absolute Gasteiger partial charge is 0.355 e. The van der Waals surface area contributed by atoms with Crippen LogP contribution in [0.5, 0.6) is 0 Å². The van der Waals surface area contributed by atoms with Gasteiger partial charge >= 0.3 is 0 Å². The molecule has 0 bridgehead atoms. The highest BCUT2D eigenvalue weighted by molar-refractivity contribution is 5.93. The van der Waals surface area contributed by atoms with E-state index < -0.39 is 0 Å². The lowest BCUT2D eigenvalue weighted by molar-refractivity contribution is 0.0944. The van der Waals surface area contributed by atoms with Gasteiger partial charge in [0.15, 0.2) is 11.5 Å². The second-order valence-corrected chi connectivity index (χ2v) is 5.51. The fourth-order valence-electron chi connectivity index (χ4n) is 2.42. The molecule has 0 atom stereocenters. The molecule has 5 nitrogen and oxygen atoms in total. The minimum atomic E-state index is -0.204. The maximum atomic E-state index is 12.1. The Hall–Kier alpha value is -2.95. The number of amides is 1. The van der Waals surface area contributed by atoms with Crippen LogP contribution in [0.4, 0.5) is 0 Å². The quantitative estimate of drug-likeness (QED) is 0.676. The number of carbonyl (C=O) groups is 1. The number of rotatable bonds is 7. The van der Waals surface area contributed by atoms with Gasteiger partial charge in [0.25, 0.3) is 5.91 Å². The van der Waals surface area contributed by atoms with Gasteiger partial charge < -0.3 is 9.84 Å². The lowest BCUT2D eigenvalue weighted by atomic mass is 10.1. The first-order valence-corrected chi connectivity index (χ1v) is 8.02. The molecule has 3 aromatic rings. The van der Waals surface area contributed by atoms with Crippen molar-refractivity contribution in [2.24, 2.45) is 0 Å². The van der Waals surface area contributed by atoms with Crippen LogP contribution in [0.25, 0.3) is 11.3 Å². The summed E-state index contributed by atoms with van der Waals surface area (Å²) in [5.41, 5.74) is 2.48. The third kappa shape index (κ3) is 4.29. The highest BCUT2D eigenvalue weighted by Crippen LogP contribution is 2.19. The first kappa shape index (κ1) is 15.9. The van der Waals surface area contributed by atoms with Gasteiger partial charge in [-0.25, -0.2) is 0 Å². The zero-order valence-electron chi connectivity index (χ0n) is 13.3. The Kier molecular flexibility index (Phi) is 5.35. The van der Waals surface area contributed by atoms with Crippen LogP contribution in [0.2, 0.25) is 0 Å². The molecule has 0 radical (unpaired) electrons. The number of nitrogens with zero attached hydrogens (tertiary/aromatic N) is 2. The van der Waals surface area contributed by atoms with Crippen molar-refractivity contribution in [3.05, 3.63) is 72.2 Å². The lowest BCUT2D eigenvalue weighted by Crippen LogP contribution is -2.24.